The Balaban J connectivity index is 1.51. The second-order valence-corrected chi connectivity index (χ2v) is 5.30. The van der Waals surface area contributed by atoms with E-state index in [1.807, 2.05) is 0 Å². The van der Waals surface area contributed by atoms with Crippen molar-refractivity contribution in [1.29, 1.82) is 0 Å². The van der Waals surface area contributed by atoms with Crippen LogP contribution in [0.4, 0.5) is 14.9 Å². The molecule has 0 spiro atoms. The van der Waals surface area contributed by atoms with Crippen molar-refractivity contribution < 1.29 is 14.3 Å². The van der Waals surface area contributed by atoms with Crippen LogP contribution in [0.3, 0.4) is 0 Å². The highest BCUT2D eigenvalue weighted by atomic mass is 19.1. The lowest BCUT2D eigenvalue weighted by atomic mass is 10.1. The van der Waals surface area contributed by atoms with Gasteiger partial charge in [-0.05, 0) is 42.0 Å². The number of amides is 2. The van der Waals surface area contributed by atoms with Crippen LogP contribution in [0.2, 0.25) is 0 Å². The monoisotopic (exact) mass is 341 g/mol. The largest absolute Gasteiger partial charge is 0.387 e. The number of urea groups is 1. The summed E-state index contributed by atoms with van der Waals surface area (Å²) in [6, 6.07) is 12.1. The number of nitrogens with zero attached hydrogens (tertiary/aromatic N) is 3. The van der Waals surface area contributed by atoms with Crippen molar-refractivity contribution in [2.45, 2.75) is 6.10 Å². The molecule has 0 saturated carbocycles. The molecule has 25 heavy (non-hydrogen) atoms. The summed E-state index contributed by atoms with van der Waals surface area (Å²) in [4.78, 5) is 11.9. The second-order valence-electron chi connectivity index (χ2n) is 5.30. The van der Waals surface area contributed by atoms with Crippen LogP contribution in [-0.4, -0.2) is 32.7 Å². The lowest BCUT2D eigenvalue weighted by Crippen LogP contribution is -2.32. The van der Waals surface area contributed by atoms with Gasteiger partial charge in [-0.15, -0.1) is 5.10 Å². The lowest BCUT2D eigenvalue weighted by Gasteiger charge is -2.13. The van der Waals surface area contributed by atoms with Crippen LogP contribution in [0, 0.1) is 5.82 Å². The van der Waals surface area contributed by atoms with E-state index in [4.69, 9.17) is 0 Å². The van der Waals surface area contributed by atoms with E-state index in [2.05, 4.69) is 20.9 Å². The Morgan fingerprint density at radius 3 is 2.52 bits per heavy atom. The fourth-order valence-electron chi connectivity index (χ4n) is 2.21. The third kappa shape index (κ3) is 4.39. The van der Waals surface area contributed by atoms with E-state index in [0.717, 1.165) is 5.69 Å². The van der Waals surface area contributed by atoms with Crippen molar-refractivity contribution in [3.63, 3.8) is 0 Å². The SMILES string of the molecule is O=C(NC[C@H](O)c1ccc(F)cc1)Nc1ccc(-n2ccnn2)cc1. The average molecular weight is 341 g/mol. The smallest absolute Gasteiger partial charge is 0.319 e. The van der Waals surface area contributed by atoms with Gasteiger partial charge in [0.25, 0.3) is 0 Å². The Bertz CT molecular complexity index is 819. The average Bonchev–Trinajstić information content (AvgIpc) is 3.15. The second kappa shape index (κ2) is 7.54. The van der Waals surface area contributed by atoms with E-state index < -0.39 is 12.1 Å². The van der Waals surface area contributed by atoms with Crippen molar-refractivity contribution in [2.24, 2.45) is 0 Å². The Hall–Kier alpha value is -3.26. The fourth-order valence-corrected chi connectivity index (χ4v) is 2.21. The van der Waals surface area contributed by atoms with E-state index in [0.29, 0.717) is 11.3 Å². The lowest BCUT2D eigenvalue weighted by molar-refractivity contribution is 0.175. The number of aliphatic hydroxyl groups is 1. The maximum atomic E-state index is 12.9. The van der Waals surface area contributed by atoms with Gasteiger partial charge in [-0.25, -0.2) is 13.9 Å². The normalized spacial score (nSPS) is 11.8. The third-order valence-corrected chi connectivity index (χ3v) is 3.52. The van der Waals surface area contributed by atoms with E-state index in [1.54, 1.807) is 41.3 Å². The summed E-state index contributed by atoms with van der Waals surface area (Å²) in [6.07, 6.45) is 2.37. The summed E-state index contributed by atoms with van der Waals surface area (Å²) in [5.41, 5.74) is 1.94. The molecular formula is C17H16FN5O2. The van der Waals surface area contributed by atoms with E-state index in [1.165, 1.54) is 24.3 Å². The van der Waals surface area contributed by atoms with Crippen LogP contribution in [0.25, 0.3) is 5.69 Å². The molecule has 0 bridgehead atoms. The molecule has 0 fully saturated rings. The predicted molar refractivity (Wildman–Crippen MR) is 89.7 cm³/mol. The molecule has 0 saturated heterocycles. The zero-order valence-corrected chi connectivity index (χ0v) is 13.1. The van der Waals surface area contributed by atoms with Gasteiger partial charge in [0.2, 0.25) is 0 Å². The number of hydrogen-bond acceptors (Lipinski definition) is 4. The van der Waals surface area contributed by atoms with Crippen molar-refractivity contribution >= 4 is 11.7 Å². The Morgan fingerprint density at radius 1 is 1.16 bits per heavy atom. The van der Waals surface area contributed by atoms with Crippen LogP contribution >= 0.6 is 0 Å². The van der Waals surface area contributed by atoms with Gasteiger partial charge in [0.05, 0.1) is 24.2 Å². The first-order valence-corrected chi connectivity index (χ1v) is 7.57. The van der Waals surface area contributed by atoms with Crippen LogP contribution in [0.5, 0.6) is 0 Å². The minimum Gasteiger partial charge on any atom is -0.387 e. The minimum absolute atomic E-state index is 0.00844. The Kier molecular flexibility index (Phi) is 5.00. The maximum Gasteiger partial charge on any atom is 0.319 e. The van der Waals surface area contributed by atoms with E-state index in [-0.39, 0.29) is 12.4 Å². The highest BCUT2D eigenvalue weighted by molar-refractivity contribution is 5.89. The van der Waals surface area contributed by atoms with Gasteiger partial charge in [-0.2, -0.15) is 0 Å². The number of halogens is 1. The molecule has 0 radical (unpaired) electrons. The zero-order chi connectivity index (χ0) is 17.6. The van der Waals surface area contributed by atoms with Crippen molar-refractivity contribution in [3.05, 3.63) is 72.3 Å². The molecule has 1 atom stereocenters. The van der Waals surface area contributed by atoms with Gasteiger partial charge in [0.1, 0.15) is 5.82 Å². The van der Waals surface area contributed by atoms with Crippen LogP contribution < -0.4 is 10.6 Å². The summed E-state index contributed by atoms with van der Waals surface area (Å²) >= 11 is 0. The first-order valence-electron chi connectivity index (χ1n) is 7.57. The van der Waals surface area contributed by atoms with Crippen LogP contribution in [-0.2, 0) is 0 Å². The summed E-state index contributed by atoms with van der Waals surface area (Å²) in [6.45, 7) is 0.00844. The molecule has 0 aliphatic carbocycles. The molecule has 3 N–H and O–H groups in total. The standard InChI is InChI=1S/C17H16FN5O2/c18-13-3-1-12(2-4-13)16(24)11-19-17(25)21-14-5-7-15(8-6-14)23-10-9-20-22-23/h1-10,16,24H,11H2,(H2,19,21,25)/t16-/m0/s1. The van der Waals surface area contributed by atoms with Crippen LogP contribution in [0.1, 0.15) is 11.7 Å². The number of carbonyl (C=O) groups excluding carboxylic acids is 1. The number of hydrogen-bond donors (Lipinski definition) is 3. The minimum atomic E-state index is -0.916. The third-order valence-electron chi connectivity index (χ3n) is 3.52. The summed E-state index contributed by atoms with van der Waals surface area (Å²) in [5, 5.41) is 22.8. The van der Waals surface area contributed by atoms with Gasteiger partial charge in [-0.3, -0.25) is 0 Å². The summed E-state index contributed by atoms with van der Waals surface area (Å²) in [5.74, 6) is -0.379. The van der Waals surface area contributed by atoms with Gasteiger partial charge >= 0.3 is 6.03 Å². The predicted octanol–water partition coefficient (Wildman–Crippen LogP) is 2.26. The fraction of sp³-hybridized carbons (Fsp3) is 0.118. The van der Waals surface area contributed by atoms with Crippen molar-refractivity contribution in [3.8, 4) is 5.69 Å². The quantitative estimate of drug-likeness (QED) is 0.664. The van der Waals surface area contributed by atoms with E-state index >= 15 is 0 Å². The first-order chi connectivity index (χ1) is 12.1. The number of carbonyl (C=O) groups is 1. The molecule has 0 aliphatic rings. The van der Waals surface area contributed by atoms with Gasteiger partial charge < -0.3 is 15.7 Å². The number of anilines is 1. The highest BCUT2D eigenvalue weighted by Gasteiger charge is 2.10. The number of benzene rings is 2. The zero-order valence-electron chi connectivity index (χ0n) is 13.1. The molecule has 1 heterocycles. The molecular weight excluding hydrogens is 325 g/mol. The molecule has 7 nitrogen and oxygen atoms in total. The number of aromatic nitrogens is 3. The Morgan fingerprint density at radius 2 is 1.88 bits per heavy atom. The van der Waals surface area contributed by atoms with Crippen molar-refractivity contribution in [2.75, 3.05) is 11.9 Å². The van der Waals surface area contributed by atoms with Crippen LogP contribution in [0.15, 0.2) is 60.9 Å². The van der Waals surface area contributed by atoms with E-state index in [9.17, 15) is 14.3 Å². The number of nitrogens with one attached hydrogen (secondary N) is 2. The number of aliphatic hydroxyl groups excluding tert-OH is 1. The molecule has 128 valence electrons. The molecule has 1 aromatic heterocycles. The van der Waals surface area contributed by atoms with Gasteiger partial charge in [0, 0.05) is 12.2 Å². The molecule has 3 rings (SSSR count). The number of rotatable bonds is 5. The molecule has 0 aliphatic heterocycles. The van der Waals surface area contributed by atoms with Gasteiger partial charge in [-0.1, -0.05) is 17.3 Å². The topological polar surface area (TPSA) is 92.1 Å². The molecule has 2 aromatic carbocycles. The summed E-state index contributed by atoms with van der Waals surface area (Å²) < 4.78 is 14.5. The first kappa shape index (κ1) is 16.6. The maximum absolute atomic E-state index is 12.9. The molecule has 8 heteroatoms. The Labute approximate surface area is 143 Å². The summed E-state index contributed by atoms with van der Waals surface area (Å²) in [7, 11) is 0. The highest BCUT2D eigenvalue weighted by Crippen LogP contribution is 2.14. The van der Waals surface area contributed by atoms with Crippen molar-refractivity contribution in [1.82, 2.24) is 20.3 Å². The van der Waals surface area contributed by atoms with Gasteiger partial charge in [0.15, 0.2) is 0 Å². The molecule has 2 amide bonds. The molecule has 3 aromatic rings. The molecule has 0 unspecified atom stereocenters.